The zero-order chi connectivity index (χ0) is 68.5. The lowest BCUT2D eigenvalue weighted by Gasteiger charge is -2.26. The van der Waals surface area contributed by atoms with Crippen LogP contribution in [0.2, 0.25) is 0 Å². The van der Waals surface area contributed by atoms with Gasteiger partial charge in [-0.25, -0.2) is 19.9 Å². The average molecular weight is 1310 g/mol. The number of benzene rings is 11. The second-order valence-electron chi connectivity index (χ2n) is 28.7. The van der Waals surface area contributed by atoms with E-state index in [2.05, 4.69) is 302 Å². The molecule has 0 aliphatic carbocycles. The summed E-state index contributed by atoms with van der Waals surface area (Å²) in [5.41, 5.74) is 22.5. The van der Waals surface area contributed by atoms with Gasteiger partial charge >= 0.3 is 0 Å². The molecule has 10 nitrogen and oxygen atoms in total. The minimum atomic E-state index is -0.0319. The summed E-state index contributed by atoms with van der Waals surface area (Å²) >= 11 is 0. The highest BCUT2D eigenvalue weighted by atomic mass is 15.1. The van der Waals surface area contributed by atoms with Crippen molar-refractivity contribution >= 4 is 87.2 Å². The van der Waals surface area contributed by atoms with E-state index in [-0.39, 0.29) is 10.8 Å². The van der Waals surface area contributed by atoms with Crippen LogP contribution in [0.3, 0.4) is 0 Å². The van der Waals surface area contributed by atoms with Gasteiger partial charge in [0.25, 0.3) is 0 Å². The smallest absolute Gasteiger partial charge is 0.164 e. The number of hydrogen-bond donors (Lipinski definition) is 0. The van der Waals surface area contributed by atoms with Gasteiger partial charge in [0.2, 0.25) is 0 Å². The third-order valence-corrected chi connectivity index (χ3v) is 20.6. The van der Waals surface area contributed by atoms with Crippen molar-refractivity contribution in [3.8, 4) is 90.6 Å². The highest BCUT2D eigenvalue weighted by molar-refractivity contribution is 6.15. The Morgan fingerprint density at radius 2 is 0.598 bits per heavy atom. The molecule has 0 spiro atoms. The van der Waals surface area contributed by atoms with Crippen LogP contribution in [0.5, 0.6) is 0 Å². The third-order valence-electron chi connectivity index (χ3n) is 20.6. The first kappa shape index (κ1) is 60.3. The van der Waals surface area contributed by atoms with Gasteiger partial charge in [-0.15, -0.1) is 0 Å². The Morgan fingerprint density at radius 3 is 1.02 bits per heavy atom. The van der Waals surface area contributed by atoms with Gasteiger partial charge in [-0.05, 0) is 112 Å². The molecule has 8 heterocycles. The molecule has 0 amide bonds. The second-order valence-corrected chi connectivity index (χ2v) is 28.7. The molecular formula is C92H68N10. The van der Waals surface area contributed by atoms with Crippen molar-refractivity contribution in [1.29, 1.82) is 0 Å². The molecule has 19 rings (SSSR count). The number of pyridine rings is 3. The zero-order valence-corrected chi connectivity index (χ0v) is 57.3. The maximum absolute atomic E-state index is 6.37. The Bertz CT molecular complexity index is 6080. The minimum Gasteiger partial charge on any atom is -0.309 e. The van der Waals surface area contributed by atoms with E-state index in [1.807, 2.05) is 61.2 Å². The highest BCUT2D eigenvalue weighted by Crippen LogP contribution is 2.51. The van der Waals surface area contributed by atoms with Crippen LogP contribution in [0.25, 0.3) is 178 Å². The van der Waals surface area contributed by atoms with Crippen molar-refractivity contribution in [1.82, 2.24) is 48.2 Å². The Hall–Kier alpha value is -12.9. The molecule has 8 aromatic heterocycles. The van der Waals surface area contributed by atoms with Crippen molar-refractivity contribution in [2.75, 3.05) is 0 Å². The first-order valence-electron chi connectivity index (χ1n) is 34.9. The molecule has 0 N–H and O–H groups in total. The summed E-state index contributed by atoms with van der Waals surface area (Å²) in [4.78, 5) is 32.4. The standard InChI is InChI=1S/C92H68N10/c1-91(2,3)61-41-47-79-71(53-61)65-27-15-19-33-75(65)99(79)63-43-37-57(38-44-63)84-86(101-77-35-21-17-29-67(77)73-55-93-51-49-81(73)101)83(69-31-13-14-32-70(69)90-97-88(59-23-9-7-10-24-59)96-89(98-90)60-25-11-8-12-26-60)87(102-78-36-22-18-30-68(78)74-56-94-52-50-82(74)102)85(95-84)58-39-45-64(46-40-58)100-76-34-20-16-28-66(76)72-54-62(92(4,5)6)42-48-80(72)100/h7-56H,1-6H3. The van der Waals surface area contributed by atoms with E-state index in [0.717, 1.165) is 139 Å². The summed E-state index contributed by atoms with van der Waals surface area (Å²) in [6.45, 7) is 13.7. The summed E-state index contributed by atoms with van der Waals surface area (Å²) < 4.78 is 9.69. The molecule has 0 bridgehead atoms. The molecule has 0 saturated heterocycles. The van der Waals surface area contributed by atoms with Crippen molar-refractivity contribution in [2.45, 2.75) is 52.4 Å². The lowest BCUT2D eigenvalue weighted by Crippen LogP contribution is -2.11. The molecule has 102 heavy (non-hydrogen) atoms. The van der Waals surface area contributed by atoms with Gasteiger partial charge in [0, 0.05) is 113 Å². The molecule has 19 aromatic rings. The monoisotopic (exact) mass is 1310 g/mol. The molecule has 0 fully saturated rings. The van der Waals surface area contributed by atoms with Gasteiger partial charge in [0.1, 0.15) is 0 Å². The van der Waals surface area contributed by atoms with Crippen molar-refractivity contribution < 1.29 is 0 Å². The number of nitrogens with zero attached hydrogens (tertiary/aromatic N) is 10. The third kappa shape index (κ3) is 9.69. The molecule has 0 aliphatic rings. The van der Waals surface area contributed by atoms with Gasteiger partial charge in [-0.3, -0.25) is 9.97 Å². The fourth-order valence-corrected chi connectivity index (χ4v) is 15.6. The van der Waals surface area contributed by atoms with Gasteiger partial charge in [0.05, 0.1) is 66.9 Å². The molecule has 0 unspecified atom stereocenters. The van der Waals surface area contributed by atoms with E-state index in [9.17, 15) is 0 Å². The minimum absolute atomic E-state index is 0.0319. The predicted molar refractivity (Wildman–Crippen MR) is 421 cm³/mol. The van der Waals surface area contributed by atoms with Crippen LogP contribution in [0.1, 0.15) is 52.7 Å². The predicted octanol–water partition coefficient (Wildman–Crippen LogP) is 23.0. The Labute approximate surface area is 589 Å². The Morgan fingerprint density at radius 1 is 0.255 bits per heavy atom. The average Bonchev–Trinajstić information content (AvgIpc) is 1.40. The van der Waals surface area contributed by atoms with Crippen LogP contribution in [0, 0.1) is 0 Å². The summed E-state index contributed by atoms with van der Waals surface area (Å²) in [6.07, 6.45) is 7.81. The van der Waals surface area contributed by atoms with Crippen LogP contribution < -0.4 is 0 Å². The zero-order valence-electron chi connectivity index (χ0n) is 57.3. The SMILES string of the molecule is CC(C)(C)c1ccc2c(c1)c1ccccc1n2-c1ccc(-c2nc(-c3ccc(-n4c5ccccc5c5cc(C(C)(C)C)ccc54)cc3)c(-n3c4ccccc4c4cnccc43)c(-c3ccccc3-c3nc(-c4ccccc4)nc(-c4ccccc4)n3)c2-n2c3ccccc3c3cnccc32)cc1. The van der Waals surface area contributed by atoms with Crippen LogP contribution >= 0.6 is 0 Å². The fraction of sp³-hybridized carbons (Fsp3) is 0.0870. The van der Waals surface area contributed by atoms with Gasteiger partial charge in [-0.2, -0.15) is 0 Å². The van der Waals surface area contributed by atoms with Gasteiger partial charge < -0.3 is 18.3 Å². The quantitative estimate of drug-likeness (QED) is 0.135. The summed E-state index contributed by atoms with van der Waals surface area (Å²) in [5.74, 6) is 1.64. The number of aromatic nitrogens is 10. The van der Waals surface area contributed by atoms with Gasteiger partial charge in [0.15, 0.2) is 17.5 Å². The van der Waals surface area contributed by atoms with E-state index < -0.39 is 0 Å². The first-order chi connectivity index (χ1) is 49.9. The van der Waals surface area contributed by atoms with E-state index >= 15 is 0 Å². The molecule has 0 aliphatic heterocycles. The van der Waals surface area contributed by atoms with Gasteiger partial charge in [-0.1, -0.05) is 236 Å². The van der Waals surface area contributed by atoms with Crippen molar-refractivity contribution in [2.24, 2.45) is 0 Å². The Kier molecular flexibility index (Phi) is 13.8. The molecule has 0 saturated carbocycles. The summed E-state index contributed by atoms with van der Waals surface area (Å²) in [7, 11) is 0. The van der Waals surface area contributed by atoms with Crippen LogP contribution in [0.4, 0.5) is 0 Å². The van der Waals surface area contributed by atoms with Crippen LogP contribution in [-0.4, -0.2) is 48.2 Å². The molecule has 0 radical (unpaired) electrons. The van der Waals surface area contributed by atoms with Crippen molar-refractivity contribution in [3.05, 3.63) is 315 Å². The number of fused-ring (bicyclic) bond motifs is 12. The van der Waals surface area contributed by atoms with Crippen LogP contribution in [-0.2, 0) is 10.8 Å². The summed E-state index contributed by atoms with van der Waals surface area (Å²) in [5, 5.41) is 9.00. The van der Waals surface area contributed by atoms with E-state index in [0.29, 0.717) is 17.5 Å². The van der Waals surface area contributed by atoms with E-state index in [1.165, 1.54) is 32.7 Å². The normalized spacial score (nSPS) is 12.2. The van der Waals surface area contributed by atoms with Crippen LogP contribution in [0.15, 0.2) is 304 Å². The largest absolute Gasteiger partial charge is 0.309 e. The Balaban J connectivity index is 0.968. The number of rotatable bonds is 10. The first-order valence-corrected chi connectivity index (χ1v) is 34.9. The number of para-hydroxylation sites is 4. The summed E-state index contributed by atoms with van der Waals surface area (Å²) in [6, 6.07) is 100. The van der Waals surface area contributed by atoms with E-state index in [4.69, 9.17) is 29.9 Å². The molecule has 11 aromatic carbocycles. The second kappa shape index (κ2) is 23.4. The maximum atomic E-state index is 6.37. The fourth-order valence-electron chi connectivity index (χ4n) is 15.6. The van der Waals surface area contributed by atoms with Crippen molar-refractivity contribution in [3.63, 3.8) is 0 Å². The lowest BCUT2D eigenvalue weighted by molar-refractivity contribution is 0.591. The molecule has 10 heteroatoms. The molecular weight excluding hydrogens is 1250 g/mol. The maximum Gasteiger partial charge on any atom is 0.164 e. The highest BCUT2D eigenvalue weighted by Gasteiger charge is 2.33. The topological polar surface area (TPSA) is 97.1 Å². The number of hydrogen-bond acceptors (Lipinski definition) is 6. The molecule has 486 valence electrons. The molecule has 0 atom stereocenters. The lowest BCUT2D eigenvalue weighted by atomic mass is 9.86. The van der Waals surface area contributed by atoms with E-state index in [1.54, 1.807) is 0 Å².